The summed E-state index contributed by atoms with van der Waals surface area (Å²) in [6.07, 6.45) is 0.215. The maximum Gasteiger partial charge on any atom is 0.417 e. The van der Waals surface area contributed by atoms with Gasteiger partial charge in [-0.3, -0.25) is 9.78 Å². The molecule has 1 aromatic carbocycles. The molecule has 0 bridgehead atoms. The zero-order chi connectivity index (χ0) is 13.1. The average Bonchev–Trinajstić information content (AvgIpc) is 2.74. The van der Waals surface area contributed by atoms with Crippen molar-refractivity contribution in [1.82, 2.24) is 10.3 Å². The molecule has 0 aliphatic rings. The van der Waals surface area contributed by atoms with E-state index in [9.17, 15) is 9.59 Å². The fourth-order valence-electron chi connectivity index (χ4n) is 1.82. The summed E-state index contributed by atoms with van der Waals surface area (Å²) in [6, 6.07) is 5.13. The fraction of sp³-hybridized carbons (Fsp3) is 0.333. The number of ether oxygens (including phenoxy) is 1. The molecule has 0 amide bonds. The Morgan fingerprint density at radius 2 is 2.33 bits per heavy atom. The number of fused-ring (bicyclic) bond motifs is 1. The number of hydrogen-bond acceptors (Lipinski definition) is 5. The Morgan fingerprint density at radius 3 is 3.00 bits per heavy atom. The first-order valence-corrected chi connectivity index (χ1v) is 5.51. The van der Waals surface area contributed by atoms with E-state index in [1.54, 1.807) is 19.2 Å². The van der Waals surface area contributed by atoms with Crippen molar-refractivity contribution in [3.8, 4) is 0 Å². The predicted octanol–water partition coefficient (Wildman–Crippen LogP) is 0.945. The minimum absolute atomic E-state index is 0.179. The lowest BCUT2D eigenvalue weighted by Gasteiger charge is -2.14. The molecule has 1 unspecified atom stereocenters. The smallest absolute Gasteiger partial charge is 0.417 e. The molecule has 2 aromatic rings. The van der Waals surface area contributed by atoms with Crippen LogP contribution < -0.4 is 11.1 Å². The van der Waals surface area contributed by atoms with Gasteiger partial charge in [-0.1, -0.05) is 6.07 Å². The van der Waals surface area contributed by atoms with E-state index in [2.05, 4.69) is 15.0 Å². The monoisotopic (exact) mass is 250 g/mol. The third-order valence-electron chi connectivity index (χ3n) is 2.79. The van der Waals surface area contributed by atoms with Crippen LogP contribution in [0.2, 0.25) is 0 Å². The van der Waals surface area contributed by atoms with Crippen LogP contribution in [-0.4, -0.2) is 25.1 Å². The second-order valence-electron chi connectivity index (χ2n) is 3.89. The number of hydrogen-bond donors (Lipinski definition) is 2. The number of nitrogens with one attached hydrogen (secondary N) is 2. The van der Waals surface area contributed by atoms with E-state index in [0.717, 1.165) is 5.56 Å². The summed E-state index contributed by atoms with van der Waals surface area (Å²) in [5.41, 5.74) is 1.97. The summed E-state index contributed by atoms with van der Waals surface area (Å²) in [6.45, 7) is 0. The predicted molar refractivity (Wildman–Crippen MR) is 65.3 cm³/mol. The van der Waals surface area contributed by atoms with E-state index in [1.165, 1.54) is 7.11 Å². The number of aromatic amines is 1. The van der Waals surface area contributed by atoms with Crippen LogP contribution in [0.25, 0.3) is 11.1 Å². The lowest BCUT2D eigenvalue weighted by molar-refractivity contribution is -0.141. The number of rotatable bonds is 4. The second kappa shape index (κ2) is 5.05. The normalized spacial score (nSPS) is 12.6. The third kappa shape index (κ3) is 2.43. The molecule has 1 heterocycles. The van der Waals surface area contributed by atoms with Crippen LogP contribution in [-0.2, 0) is 9.53 Å². The van der Waals surface area contributed by atoms with Crippen molar-refractivity contribution in [2.45, 2.75) is 12.5 Å². The summed E-state index contributed by atoms with van der Waals surface area (Å²) in [4.78, 5) is 24.9. The summed E-state index contributed by atoms with van der Waals surface area (Å²) < 4.78 is 9.62. The van der Waals surface area contributed by atoms with Gasteiger partial charge in [0.2, 0.25) is 0 Å². The number of H-pyrrole nitrogens is 1. The van der Waals surface area contributed by atoms with Gasteiger partial charge in [-0.2, -0.15) is 0 Å². The highest BCUT2D eigenvalue weighted by Gasteiger charge is 2.15. The molecule has 0 saturated carbocycles. The number of aromatic nitrogens is 1. The lowest BCUT2D eigenvalue weighted by Crippen LogP contribution is -2.20. The van der Waals surface area contributed by atoms with Crippen molar-refractivity contribution in [3.63, 3.8) is 0 Å². The van der Waals surface area contributed by atoms with Crippen LogP contribution in [0.15, 0.2) is 27.4 Å². The minimum Gasteiger partial charge on any atom is -0.469 e. The number of carbonyl (C=O) groups excluding carboxylic acids is 1. The van der Waals surface area contributed by atoms with E-state index < -0.39 is 5.76 Å². The second-order valence-corrected chi connectivity index (χ2v) is 3.89. The van der Waals surface area contributed by atoms with Crippen molar-refractivity contribution in [1.29, 1.82) is 0 Å². The summed E-state index contributed by atoms with van der Waals surface area (Å²) >= 11 is 0. The van der Waals surface area contributed by atoms with Gasteiger partial charge in [-0.15, -0.1) is 0 Å². The molecule has 2 N–H and O–H groups in total. The Kier molecular flexibility index (Phi) is 3.47. The van der Waals surface area contributed by atoms with Gasteiger partial charge < -0.3 is 14.5 Å². The van der Waals surface area contributed by atoms with Crippen LogP contribution >= 0.6 is 0 Å². The molecule has 0 radical (unpaired) electrons. The highest BCUT2D eigenvalue weighted by Crippen LogP contribution is 2.21. The first-order valence-electron chi connectivity index (χ1n) is 5.51. The quantitative estimate of drug-likeness (QED) is 0.789. The maximum absolute atomic E-state index is 11.3. The van der Waals surface area contributed by atoms with Crippen LogP contribution in [0, 0.1) is 0 Å². The first-order chi connectivity index (χ1) is 8.63. The van der Waals surface area contributed by atoms with E-state index in [0.29, 0.717) is 11.1 Å². The molecule has 6 nitrogen and oxygen atoms in total. The summed E-state index contributed by atoms with van der Waals surface area (Å²) in [7, 11) is 3.11. The number of esters is 1. The van der Waals surface area contributed by atoms with Gasteiger partial charge in [0.05, 0.1) is 19.0 Å². The third-order valence-corrected chi connectivity index (χ3v) is 2.79. The molecule has 96 valence electrons. The first kappa shape index (κ1) is 12.4. The van der Waals surface area contributed by atoms with E-state index >= 15 is 0 Å². The molecule has 0 fully saturated rings. The number of benzene rings is 1. The Labute approximate surface area is 103 Å². The molecular formula is C12H14N2O4. The number of oxazole rings is 1. The van der Waals surface area contributed by atoms with E-state index in [-0.39, 0.29) is 18.4 Å². The molecular weight excluding hydrogens is 236 g/mol. The topological polar surface area (TPSA) is 84.3 Å². The van der Waals surface area contributed by atoms with Crippen LogP contribution in [0.1, 0.15) is 18.0 Å². The van der Waals surface area contributed by atoms with Gasteiger partial charge in [0.15, 0.2) is 5.58 Å². The number of carbonyl (C=O) groups is 1. The molecule has 1 aromatic heterocycles. The van der Waals surface area contributed by atoms with Crippen molar-refractivity contribution < 1.29 is 13.9 Å². The molecule has 0 spiro atoms. The van der Waals surface area contributed by atoms with E-state index in [4.69, 9.17) is 4.42 Å². The van der Waals surface area contributed by atoms with Gasteiger partial charge in [-0.05, 0) is 24.7 Å². The zero-order valence-electron chi connectivity index (χ0n) is 10.1. The van der Waals surface area contributed by atoms with Gasteiger partial charge in [0, 0.05) is 6.04 Å². The Bertz CT molecular complexity index is 614. The lowest BCUT2D eigenvalue weighted by atomic mass is 10.0. The van der Waals surface area contributed by atoms with Gasteiger partial charge in [0.25, 0.3) is 0 Å². The summed E-state index contributed by atoms with van der Waals surface area (Å²) in [5.74, 6) is -0.791. The number of methoxy groups -OCH3 is 1. The van der Waals surface area contributed by atoms with Crippen molar-refractivity contribution in [2.75, 3.05) is 14.2 Å². The minimum atomic E-state index is -0.490. The largest absolute Gasteiger partial charge is 0.469 e. The molecule has 0 saturated heterocycles. The van der Waals surface area contributed by atoms with Crippen LogP contribution in [0.3, 0.4) is 0 Å². The summed E-state index contributed by atoms with van der Waals surface area (Å²) in [5, 5.41) is 3.02. The van der Waals surface area contributed by atoms with Crippen molar-refractivity contribution in [3.05, 3.63) is 34.3 Å². The molecule has 0 aliphatic carbocycles. The Hall–Kier alpha value is -2.08. The van der Waals surface area contributed by atoms with E-state index in [1.807, 2.05) is 6.07 Å². The molecule has 0 aliphatic heterocycles. The standard InChI is InChI=1S/C12H14N2O4/c1-13-9(6-11(15)17-2)7-3-4-8-10(5-7)18-12(16)14-8/h3-5,9,13H,6H2,1-2H3,(H,14,16). The highest BCUT2D eigenvalue weighted by molar-refractivity contribution is 5.74. The van der Waals surface area contributed by atoms with Crippen LogP contribution in [0.4, 0.5) is 0 Å². The highest BCUT2D eigenvalue weighted by atomic mass is 16.5. The SMILES string of the molecule is CNC(CC(=O)OC)c1ccc2[nH]c(=O)oc2c1. The average molecular weight is 250 g/mol. The van der Waals surface area contributed by atoms with Crippen molar-refractivity contribution in [2.24, 2.45) is 0 Å². The molecule has 18 heavy (non-hydrogen) atoms. The van der Waals surface area contributed by atoms with Gasteiger partial charge in [-0.25, -0.2) is 4.79 Å². The maximum atomic E-state index is 11.3. The van der Waals surface area contributed by atoms with Gasteiger partial charge >= 0.3 is 11.7 Å². The molecule has 2 rings (SSSR count). The molecule has 6 heteroatoms. The molecule has 1 atom stereocenters. The van der Waals surface area contributed by atoms with Crippen molar-refractivity contribution >= 4 is 17.1 Å². The van der Waals surface area contributed by atoms with Gasteiger partial charge in [0.1, 0.15) is 0 Å². The zero-order valence-corrected chi connectivity index (χ0v) is 10.1. The fourth-order valence-corrected chi connectivity index (χ4v) is 1.82. The van der Waals surface area contributed by atoms with Crippen LogP contribution in [0.5, 0.6) is 0 Å². The Morgan fingerprint density at radius 1 is 1.56 bits per heavy atom. The Balaban J connectivity index is 2.32.